The SMILES string of the molecule is CC1CCCCC1NC(=O)C1CCN(S(=O)(=O)c2ccc(Cl)cc2)CC1. The number of hydrogen-bond acceptors (Lipinski definition) is 3. The monoisotopic (exact) mass is 398 g/mol. The number of piperidine rings is 1. The Hall–Kier alpha value is -1.11. The van der Waals surface area contributed by atoms with Crippen molar-refractivity contribution >= 4 is 27.5 Å². The van der Waals surface area contributed by atoms with Crippen molar-refractivity contribution in [2.75, 3.05) is 13.1 Å². The Morgan fingerprint density at radius 1 is 1.08 bits per heavy atom. The molecule has 0 radical (unpaired) electrons. The highest BCUT2D eigenvalue weighted by molar-refractivity contribution is 7.89. The fourth-order valence-corrected chi connectivity index (χ4v) is 5.54. The van der Waals surface area contributed by atoms with E-state index < -0.39 is 10.0 Å². The third-order valence-corrected chi connectivity index (χ3v) is 7.88. The minimum absolute atomic E-state index is 0.0901. The molecule has 0 spiro atoms. The molecule has 1 amide bonds. The van der Waals surface area contributed by atoms with E-state index in [1.54, 1.807) is 12.1 Å². The van der Waals surface area contributed by atoms with Crippen LogP contribution in [-0.4, -0.2) is 37.8 Å². The first-order valence-electron chi connectivity index (χ1n) is 9.44. The largest absolute Gasteiger partial charge is 0.353 e. The third kappa shape index (κ3) is 4.41. The van der Waals surface area contributed by atoms with Gasteiger partial charge in [-0.15, -0.1) is 0 Å². The Kier molecular flexibility index (Phi) is 6.25. The standard InChI is InChI=1S/C19H27ClN2O3S/c1-14-4-2-3-5-18(14)21-19(23)15-10-12-22(13-11-15)26(24,25)17-8-6-16(20)7-9-17/h6-9,14-15,18H,2-5,10-13H2,1H3,(H,21,23). The molecule has 26 heavy (non-hydrogen) atoms. The molecule has 0 aromatic heterocycles. The van der Waals surface area contributed by atoms with Crippen LogP contribution in [0.1, 0.15) is 45.4 Å². The molecular formula is C19H27ClN2O3S. The molecule has 2 fully saturated rings. The number of halogens is 1. The summed E-state index contributed by atoms with van der Waals surface area (Å²) in [6, 6.07) is 6.49. The number of carbonyl (C=O) groups is 1. The van der Waals surface area contributed by atoms with Gasteiger partial charge < -0.3 is 5.32 Å². The molecule has 1 saturated carbocycles. The molecule has 1 aromatic rings. The maximum absolute atomic E-state index is 12.7. The van der Waals surface area contributed by atoms with Crippen LogP contribution in [-0.2, 0) is 14.8 Å². The van der Waals surface area contributed by atoms with Crippen LogP contribution in [0.15, 0.2) is 29.2 Å². The zero-order valence-corrected chi connectivity index (χ0v) is 16.7. The van der Waals surface area contributed by atoms with Crippen molar-refractivity contribution in [3.05, 3.63) is 29.3 Å². The fraction of sp³-hybridized carbons (Fsp3) is 0.632. The first kappa shape index (κ1) is 19.6. The maximum Gasteiger partial charge on any atom is 0.243 e. The summed E-state index contributed by atoms with van der Waals surface area (Å²) in [4.78, 5) is 12.8. The third-order valence-electron chi connectivity index (χ3n) is 5.72. The van der Waals surface area contributed by atoms with E-state index in [-0.39, 0.29) is 22.8 Å². The van der Waals surface area contributed by atoms with Crippen molar-refractivity contribution in [3.8, 4) is 0 Å². The molecule has 1 heterocycles. The van der Waals surface area contributed by atoms with Crippen molar-refractivity contribution in [1.29, 1.82) is 0 Å². The van der Waals surface area contributed by atoms with Crippen molar-refractivity contribution in [3.63, 3.8) is 0 Å². The lowest BCUT2D eigenvalue weighted by Crippen LogP contribution is -2.47. The van der Waals surface area contributed by atoms with E-state index in [2.05, 4.69) is 12.2 Å². The van der Waals surface area contributed by atoms with Gasteiger partial charge in [-0.05, 0) is 55.9 Å². The lowest BCUT2D eigenvalue weighted by molar-refractivity contribution is -0.127. The van der Waals surface area contributed by atoms with E-state index in [0.29, 0.717) is 36.9 Å². The van der Waals surface area contributed by atoms with Gasteiger partial charge in [-0.1, -0.05) is 31.4 Å². The van der Waals surface area contributed by atoms with Crippen molar-refractivity contribution in [2.45, 2.75) is 56.4 Å². The summed E-state index contributed by atoms with van der Waals surface area (Å²) in [5, 5.41) is 3.72. The number of hydrogen-bond donors (Lipinski definition) is 1. The number of sulfonamides is 1. The number of nitrogens with one attached hydrogen (secondary N) is 1. The number of nitrogens with zero attached hydrogens (tertiary/aromatic N) is 1. The number of carbonyl (C=O) groups excluding carboxylic acids is 1. The van der Waals surface area contributed by atoms with E-state index >= 15 is 0 Å². The summed E-state index contributed by atoms with van der Waals surface area (Å²) in [7, 11) is -3.52. The quantitative estimate of drug-likeness (QED) is 0.844. The second-order valence-corrected chi connectivity index (χ2v) is 9.88. The molecule has 144 valence electrons. The molecule has 1 N–H and O–H groups in total. The molecule has 1 aromatic carbocycles. The van der Waals surface area contributed by atoms with E-state index in [9.17, 15) is 13.2 Å². The highest BCUT2D eigenvalue weighted by atomic mass is 35.5. The molecular weight excluding hydrogens is 372 g/mol. The summed E-state index contributed by atoms with van der Waals surface area (Å²) in [5.41, 5.74) is 0. The van der Waals surface area contributed by atoms with Gasteiger partial charge in [-0.25, -0.2) is 8.42 Å². The van der Waals surface area contributed by atoms with Crippen LogP contribution in [0.5, 0.6) is 0 Å². The Bertz CT molecular complexity index is 728. The van der Waals surface area contributed by atoms with Crippen LogP contribution >= 0.6 is 11.6 Å². The Morgan fingerprint density at radius 3 is 2.31 bits per heavy atom. The molecule has 1 aliphatic carbocycles. The summed E-state index contributed by atoms with van der Waals surface area (Å²) < 4.78 is 26.9. The van der Waals surface area contributed by atoms with Crippen LogP contribution in [0.2, 0.25) is 5.02 Å². The van der Waals surface area contributed by atoms with Crippen LogP contribution in [0.4, 0.5) is 0 Å². The molecule has 5 nitrogen and oxygen atoms in total. The van der Waals surface area contributed by atoms with Gasteiger partial charge in [0.05, 0.1) is 4.90 Å². The number of rotatable bonds is 4. The van der Waals surface area contributed by atoms with E-state index in [0.717, 1.165) is 6.42 Å². The predicted molar refractivity (Wildman–Crippen MR) is 102 cm³/mol. The van der Waals surface area contributed by atoms with E-state index in [4.69, 9.17) is 11.6 Å². The average molecular weight is 399 g/mol. The van der Waals surface area contributed by atoms with Crippen LogP contribution in [0.3, 0.4) is 0 Å². The lowest BCUT2D eigenvalue weighted by atomic mass is 9.85. The van der Waals surface area contributed by atoms with Gasteiger partial charge in [-0.3, -0.25) is 4.79 Å². The van der Waals surface area contributed by atoms with Crippen LogP contribution in [0, 0.1) is 11.8 Å². The summed E-state index contributed by atoms with van der Waals surface area (Å²) in [6.45, 7) is 2.96. The number of benzene rings is 1. The van der Waals surface area contributed by atoms with Gasteiger partial charge in [-0.2, -0.15) is 4.31 Å². The minimum atomic E-state index is -3.52. The maximum atomic E-state index is 12.7. The molecule has 1 saturated heterocycles. The van der Waals surface area contributed by atoms with Gasteiger partial charge in [0.1, 0.15) is 0 Å². The van der Waals surface area contributed by atoms with Crippen molar-refractivity contribution in [1.82, 2.24) is 9.62 Å². The number of amides is 1. The molecule has 7 heteroatoms. The lowest BCUT2D eigenvalue weighted by Gasteiger charge is -2.34. The average Bonchev–Trinajstić information content (AvgIpc) is 2.64. The van der Waals surface area contributed by atoms with Gasteiger partial charge >= 0.3 is 0 Å². The van der Waals surface area contributed by atoms with Gasteiger partial charge in [0.15, 0.2) is 0 Å². The predicted octanol–water partition coefficient (Wildman–Crippen LogP) is 3.44. The molecule has 2 aliphatic rings. The van der Waals surface area contributed by atoms with Gasteiger partial charge in [0.2, 0.25) is 15.9 Å². The molecule has 0 bridgehead atoms. The summed E-state index contributed by atoms with van der Waals surface area (Å²) >= 11 is 5.84. The van der Waals surface area contributed by atoms with Gasteiger partial charge in [0, 0.05) is 30.1 Å². The molecule has 2 unspecified atom stereocenters. The Labute approximate surface area is 161 Å². The van der Waals surface area contributed by atoms with E-state index in [1.807, 2.05) is 0 Å². The second kappa shape index (κ2) is 8.28. The van der Waals surface area contributed by atoms with Crippen LogP contribution in [0.25, 0.3) is 0 Å². The first-order valence-corrected chi connectivity index (χ1v) is 11.3. The van der Waals surface area contributed by atoms with Gasteiger partial charge in [0.25, 0.3) is 0 Å². The zero-order valence-electron chi connectivity index (χ0n) is 15.2. The smallest absolute Gasteiger partial charge is 0.243 e. The zero-order chi connectivity index (χ0) is 18.7. The minimum Gasteiger partial charge on any atom is -0.353 e. The fourth-order valence-electron chi connectivity index (χ4n) is 3.95. The molecule has 1 aliphatic heterocycles. The van der Waals surface area contributed by atoms with Crippen molar-refractivity contribution < 1.29 is 13.2 Å². The molecule has 3 rings (SSSR count). The highest BCUT2D eigenvalue weighted by Gasteiger charge is 2.33. The Morgan fingerprint density at radius 2 is 1.69 bits per heavy atom. The topological polar surface area (TPSA) is 66.5 Å². The molecule has 2 atom stereocenters. The first-order chi connectivity index (χ1) is 12.4. The highest BCUT2D eigenvalue weighted by Crippen LogP contribution is 2.27. The van der Waals surface area contributed by atoms with Crippen molar-refractivity contribution in [2.24, 2.45) is 11.8 Å². The Balaban J connectivity index is 1.56. The normalized spacial score (nSPS) is 25.8. The summed E-state index contributed by atoms with van der Waals surface area (Å²) in [5.74, 6) is 0.520. The van der Waals surface area contributed by atoms with Crippen LogP contribution < -0.4 is 5.32 Å². The van der Waals surface area contributed by atoms with E-state index in [1.165, 1.54) is 35.7 Å². The summed E-state index contributed by atoms with van der Waals surface area (Å²) in [6.07, 6.45) is 5.78. The second-order valence-electron chi connectivity index (χ2n) is 7.51.